The molecule has 1 saturated carbocycles. The molecule has 5 nitrogen and oxygen atoms in total. The molecule has 0 radical (unpaired) electrons. The van der Waals surface area contributed by atoms with Crippen LogP contribution in [-0.2, 0) is 4.79 Å². The average Bonchev–Trinajstić information content (AvgIpc) is 2.70. The molecule has 26 heavy (non-hydrogen) atoms. The Hall–Kier alpha value is -3.00. The summed E-state index contributed by atoms with van der Waals surface area (Å²) in [6.45, 7) is 0. The van der Waals surface area contributed by atoms with Crippen molar-refractivity contribution < 1.29 is 9.59 Å². The van der Waals surface area contributed by atoms with Gasteiger partial charge in [-0.2, -0.15) is 5.26 Å². The summed E-state index contributed by atoms with van der Waals surface area (Å²) in [5.74, 6) is -2.36. The third-order valence-electron chi connectivity index (χ3n) is 4.73. The molecule has 1 heterocycles. The average molecular weight is 347 g/mol. The predicted molar refractivity (Wildman–Crippen MR) is 98.1 cm³/mol. The van der Waals surface area contributed by atoms with Crippen molar-refractivity contribution in [2.24, 2.45) is 5.92 Å². The molecular formula is C21H21N3O2. The van der Waals surface area contributed by atoms with Crippen LogP contribution in [0.3, 0.4) is 0 Å². The van der Waals surface area contributed by atoms with E-state index >= 15 is 0 Å². The van der Waals surface area contributed by atoms with E-state index in [9.17, 15) is 14.9 Å². The van der Waals surface area contributed by atoms with Crippen molar-refractivity contribution in [3.63, 3.8) is 0 Å². The van der Waals surface area contributed by atoms with Crippen LogP contribution in [0.15, 0.2) is 48.8 Å². The zero-order valence-corrected chi connectivity index (χ0v) is 14.5. The Morgan fingerprint density at radius 3 is 2.50 bits per heavy atom. The zero-order chi connectivity index (χ0) is 18.4. The summed E-state index contributed by atoms with van der Waals surface area (Å²) in [4.78, 5) is 29.3. The van der Waals surface area contributed by atoms with Gasteiger partial charge in [-0.25, -0.2) is 0 Å². The lowest BCUT2D eigenvalue weighted by atomic mass is 9.93. The number of nitrogens with zero attached hydrogens (tertiary/aromatic N) is 2. The van der Waals surface area contributed by atoms with Gasteiger partial charge >= 0.3 is 0 Å². The summed E-state index contributed by atoms with van der Waals surface area (Å²) in [5, 5.41) is 12.3. The van der Waals surface area contributed by atoms with Crippen molar-refractivity contribution in [1.29, 1.82) is 5.26 Å². The lowest BCUT2D eigenvalue weighted by molar-refractivity contribution is -0.123. The Balaban J connectivity index is 1.76. The maximum absolute atomic E-state index is 12.7. The second-order valence-electron chi connectivity index (χ2n) is 6.60. The Kier molecular flexibility index (Phi) is 5.75. The third kappa shape index (κ3) is 4.15. The Morgan fingerprint density at radius 1 is 1.08 bits per heavy atom. The summed E-state index contributed by atoms with van der Waals surface area (Å²) >= 11 is 0. The number of ketones is 1. The van der Waals surface area contributed by atoms with Crippen LogP contribution >= 0.6 is 0 Å². The zero-order valence-electron chi connectivity index (χ0n) is 14.5. The minimum atomic E-state index is -1.34. The van der Waals surface area contributed by atoms with E-state index in [1.54, 1.807) is 12.3 Å². The largest absolute Gasteiger partial charge is 0.352 e. The van der Waals surface area contributed by atoms with Crippen LogP contribution in [0, 0.1) is 17.2 Å². The lowest BCUT2D eigenvalue weighted by Crippen LogP contribution is -2.42. The number of hydrogen-bond donors (Lipinski definition) is 1. The molecule has 1 aliphatic carbocycles. The first kappa shape index (κ1) is 17.8. The van der Waals surface area contributed by atoms with Crippen molar-refractivity contribution >= 4 is 11.7 Å². The molecule has 1 aliphatic rings. The maximum Gasteiger partial charge on any atom is 0.245 e. The van der Waals surface area contributed by atoms with Gasteiger partial charge in [0.25, 0.3) is 0 Å². The van der Waals surface area contributed by atoms with Crippen LogP contribution in [0.25, 0.3) is 11.1 Å². The number of aromatic nitrogens is 1. The highest BCUT2D eigenvalue weighted by Gasteiger charge is 2.29. The van der Waals surface area contributed by atoms with E-state index in [1.807, 2.05) is 36.4 Å². The first-order valence-corrected chi connectivity index (χ1v) is 8.93. The SMILES string of the molecule is N#C[C@H](C(=O)NC1CCCCC1)C(=O)c1cncc(-c2ccccc2)c1. The second kappa shape index (κ2) is 8.39. The summed E-state index contributed by atoms with van der Waals surface area (Å²) in [6.07, 6.45) is 8.19. The summed E-state index contributed by atoms with van der Waals surface area (Å²) in [5.41, 5.74) is 1.98. The van der Waals surface area contributed by atoms with Gasteiger partial charge in [0.2, 0.25) is 5.91 Å². The van der Waals surface area contributed by atoms with Crippen LogP contribution in [0.4, 0.5) is 0 Å². The lowest BCUT2D eigenvalue weighted by Gasteiger charge is -2.23. The molecule has 132 valence electrons. The minimum Gasteiger partial charge on any atom is -0.352 e. The summed E-state index contributed by atoms with van der Waals surface area (Å²) in [6, 6.07) is 13.2. The van der Waals surface area contributed by atoms with Crippen LogP contribution < -0.4 is 5.32 Å². The topological polar surface area (TPSA) is 82.9 Å². The predicted octanol–water partition coefficient (Wildman–Crippen LogP) is 3.52. The van der Waals surface area contributed by atoms with Gasteiger partial charge in [0.15, 0.2) is 11.7 Å². The molecule has 1 N–H and O–H groups in total. The molecule has 1 atom stereocenters. The van der Waals surface area contributed by atoms with E-state index < -0.39 is 17.6 Å². The molecule has 5 heteroatoms. The molecular weight excluding hydrogens is 326 g/mol. The van der Waals surface area contributed by atoms with E-state index in [4.69, 9.17) is 0 Å². The fraction of sp³-hybridized carbons (Fsp3) is 0.333. The Morgan fingerprint density at radius 2 is 1.81 bits per heavy atom. The molecule has 0 spiro atoms. The van der Waals surface area contributed by atoms with E-state index in [1.165, 1.54) is 12.6 Å². The van der Waals surface area contributed by atoms with E-state index in [2.05, 4.69) is 10.3 Å². The second-order valence-corrected chi connectivity index (χ2v) is 6.60. The number of carbonyl (C=O) groups excluding carboxylic acids is 2. The fourth-order valence-electron chi connectivity index (χ4n) is 3.30. The number of amides is 1. The van der Waals surface area contributed by atoms with E-state index in [0.717, 1.165) is 36.8 Å². The van der Waals surface area contributed by atoms with Gasteiger partial charge in [0.05, 0.1) is 6.07 Å². The highest BCUT2D eigenvalue weighted by Crippen LogP contribution is 2.21. The number of carbonyl (C=O) groups is 2. The van der Waals surface area contributed by atoms with E-state index in [0.29, 0.717) is 0 Å². The van der Waals surface area contributed by atoms with Gasteiger partial charge in [-0.1, -0.05) is 49.6 Å². The number of hydrogen-bond acceptors (Lipinski definition) is 4. The standard InChI is InChI=1S/C21H21N3O2/c22-12-19(21(26)24-18-9-5-2-6-10-18)20(25)17-11-16(13-23-14-17)15-7-3-1-4-8-15/h1,3-4,7-8,11,13-14,18-19H,2,5-6,9-10H2,(H,24,26)/t19-/m0/s1. The number of rotatable bonds is 5. The van der Waals surface area contributed by atoms with Gasteiger partial charge in [0, 0.05) is 29.6 Å². The van der Waals surface area contributed by atoms with Crippen LogP contribution in [0.1, 0.15) is 42.5 Å². The quantitative estimate of drug-likeness (QED) is 0.662. The van der Waals surface area contributed by atoms with Gasteiger partial charge in [-0.15, -0.1) is 0 Å². The van der Waals surface area contributed by atoms with Crippen LogP contribution in [-0.4, -0.2) is 22.7 Å². The molecule has 1 amide bonds. The maximum atomic E-state index is 12.7. The van der Waals surface area contributed by atoms with E-state index in [-0.39, 0.29) is 11.6 Å². The fourth-order valence-corrected chi connectivity index (χ4v) is 3.30. The van der Waals surface area contributed by atoms with Gasteiger partial charge in [-0.3, -0.25) is 14.6 Å². The summed E-state index contributed by atoms with van der Waals surface area (Å²) in [7, 11) is 0. The Bertz CT molecular complexity index is 821. The van der Waals surface area contributed by atoms with Crippen molar-refractivity contribution in [3.05, 3.63) is 54.4 Å². The number of Topliss-reactive ketones (excluding diaryl/α,β-unsaturated/α-hetero) is 1. The van der Waals surface area contributed by atoms with Crippen molar-refractivity contribution in [1.82, 2.24) is 10.3 Å². The highest BCUT2D eigenvalue weighted by atomic mass is 16.2. The molecule has 0 unspecified atom stereocenters. The summed E-state index contributed by atoms with van der Waals surface area (Å²) < 4.78 is 0. The normalized spacial score (nSPS) is 15.7. The molecule has 0 bridgehead atoms. The number of nitrogens with one attached hydrogen (secondary N) is 1. The molecule has 3 rings (SSSR count). The highest BCUT2D eigenvalue weighted by molar-refractivity contribution is 6.12. The number of benzene rings is 1. The van der Waals surface area contributed by atoms with Crippen LogP contribution in [0.5, 0.6) is 0 Å². The Labute approximate surface area is 153 Å². The molecule has 1 aromatic heterocycles. The van der Waals surface area contributed by atoms with Crippen molar-refractivity contribution in [3.8, 4) is 17.2 Å². The van der Waals surface area contributed by atoms with Crippen LogP contribution in [0.2, 0.25) is 0 Å². The monoisotopic (exact) mass is 347 g/mol. The molecule has 0 aliphatic heterocycles. The number of pyridine rings is 1. The molecule has 1 aromatic carbocycles. The molecule has 1 fully saturated rings. The first-order valence-electron chi connectivity index (χ1n) is 8.93. The third-order valence-corrected chi connectivity index (χ3v) is 4.73. The minimum absolute atomic E-state index is 0.0636. The first-order chi connectivity index (χ1) is 12.7. The van der Waals surface area contributed by atoms with Crippen molar-refractivity contribution in [2.45, 2.75) is 38.1 Å². The number of nitriles is 1. The van der Waals surface area contributed by atoms with Gasteiger partial charge in [-0.05, 0) is 24.5 Å². The molecule has 0 saturated heterocycles. The smallest absolute Gasteiger partial charge is 0.245 e. The van der Waals surface area contributed by atoms with Gasteiger partial charge in [0.1, 0.15) is 0 Å². The molecule has 2 aromatic rings. The van der Waals surface area contributed by atoms with Crippen molar-refractivity contribution in [2.75, 3.05) is 0 Å². The van der Waals surface area contributed by atoms with Gasteiger partial charge < -0.3 is 5.32 Å².